The summed E-state index contributed by atoms with van der Waals surface area (Å²) in [4.78, 5) is 14.2. The van der Waals surface area contributed by atoms with Gasteiger partial charge in [-0.15, -0.1) is 0 Å². The van der Waals surface area contributed by atoms with Gasteiger partial charge in [-0.2, -0.15) is 0 Å². The van der Waals surface area contributed by atoms with Crippen LogP contribution in [0.4, 0.5) is 5.82 Å². The van der Waals surface area contributed by atoms with Gasteiger partial charge in [-0.25, -0.2) is 0 Å². The van der Waals surface area contributed by atoms with E-state index in [9.17, 15) is 4.79 Å². The van der Waals surface area contributed by atoms with E-state index in [4.69, 9.17) is 4.52 Å². The molecule has 19 heavy (non-hydrogen) atoms. The first-order valence-electron chi connectivity index (χ1n) is 6.98. The topological polar surface area (TPSA) is 58.4 Å². The van der Waals surface area contributed by atoms with Crippen molar-refractivity contribution < 1.29 is 9.32 Å². The summed E-state index contributed by atoms with van der Waals surface area (Å²) >= 11 is 0. The van der Waals surface area contributed by atoms with Gasteiger partial charge in [0.1, 0.15) is 5.76 Å². The SMILES string of the molecule is Cc1cc(NC(=O)CCN2C[C@H](C)C[C@@H](C)C2)no1. The minimum Gasteiger partial charge on any atom is -0.360 e. The Hall–Kier alpha value is -1.36. The van der Waals surface area contributed by atoms with E-state index >= 15 is 0 Å². The lowest BCUT2D eigenvalue weighted by atomic mass is 9.92. The van der Waals surface area contributed by atoms with Gasteiger partial charge in [0.25, 0.3) is 0 Å². The molecular formula is C14H23N3O2. The third-order valence-electron chi connectivity index (χ3n) is 3.50. The van der Waals surface area contributed by atoms with Crippen LogP contribution in [0.15, 0.2) is 10.6 Å². The van der Waals surface area contributed by atoms with Crippen molar-refractivity contribution in [2.75, 3.05) is 25.0 Å². The summed E-state index contributed by atoms with van der Waals surface area (Å²) in [7, 11) is 0. The summed E-state index contributed by atoms with van der Waals surface area (Å²) in [6, 6.07) is 1.73. The maximum Gasteiger partial charge on any atom is 0.226 e. The summed E-state index contributed by atoms with van der Waals surface area (Å²) in [5, 5.41) is 6.51. The number of aromatic nitrogens is 1. The lowest BCUT2D eigenvalue weighted by Crippen LogP contribution is -2.40. The maximum absolute atomic E-state index is 11.8. The Bertz CT molecular complexity index is 420. The molecule has 0 spiro atoms. The van der Waals surface area contributed by atoms with Crippen molar-refractivity contribution in [2.45, 2.75) is 33.6 Å². The van der Waals surface area contributed by atoms with E-state index in [2.05, 4.69) is 29.2 Å². The summed E-state index contributed by atoms with van der Waals surface area (Å²) in [5.41, 5.74) is 0. The molecule has 0 aromatic carbocycles. The Morgan fingerprint density at radius 1 is 1.47 bits per heavy atom. The van der Waals surface area contributed by atoms with E-state index in [1.807, 2.05) is 0 Å². The number of anilines is 1. The highest BCUT2D eigenvalue weighted by atomic mass is 16.5. The van der Waals surface area contributed by atoms with Crippen LogP contribution in [-0.4, -0.2) is 35.6 Å². The highest BCUT2D eigenvalue weighted by Gasteiger charge is 2.21. The molecule has 1 saturated heterocycles. The molecule has 1 aliphatic heterocycles. The molecule has 2 atom stereocenters. The standard InChI is InChI=1S/C14H23N3O2/c1-10-6-11(2)9-17(8-10)5-4-14(18)15-13-7-12(3)19-16-13/h7,10-11H,4-6,8-9H2,1-3H3,(H,15,16,18)/t10-,11-/m1/s1. The van der Waals surface area contributed by atoms with Crippen LogP contribution in [0.1, 0.15) is 32.4 Å². The number of hydrogen-bond donors (Lipinski definition) is 1. The Morgan fingerprint density at radius 3 is 2.74 bits per heavy atom. The zero-order valence-electron chi connectivity index (χ0n) is 12.0. The Kier molecular flexibility index (Phi) is 4.58. The fourth-order valence-corrected chi connectivity index (χ4v) is 2.86. The van der Waals surface area contributed by atoms with Crippen molar-refractivity contribution in [1.82, 2.24) is 10.1 Å². The number of rotatable bonds is 4. The fraction of sp³-hybridized carbons (Fsp3) is 0.714. The Morgan fingerprint density at radius 2 is 2.16 bits per heavy atom. The largest absolute Gasteiger partial charge is 0.360 e. The molecule has 0 radical (unpaired) electrons. The van der Waals surface area contributed by atoms with Crippen molar-refractivity contribution in [3.05, 3.63) is 11.8 Å². The molecule has 5 heteroatoms. The van der Waals surface area contributed by atoms with E-state index in [1.54, 1.807) is 13.0 Å². The first-order valence-corrected chi connectivity index (χ1v) is 6.98. The molecular weight excluding hydrogens is 242 g/mol. The number of nitrogens with one attached hydrogen (secondary N) is 1. The van der Waals surface area contributed by atoms with Gasteiger partial charge in [-0.1, -0.05) is 19.0 Å². The van der Waals surface area contributed by atoms with Crippen LogP contribution in [0.25, 0.3) is 0 Å². The van der Waals surface area contributed by atoms with Crippen molar-refractivity contribution in [3.8, 4) is 0 Å². The quantitative estimate of drug-likeness (QED) is 0.907. The number of amides is 1. The molecule has 1 fully saturated rings. The molecule has 0 bridgehead atoms. The summed E-state index contributed by atoms with van der Waals surface area (Å²) in [5.74, 6) is 2.66. The molecule has 2 rings (SSSR count). The molecule has 0 unspecified atom stereocenters. The molecule has 1 amide bonds. The molecule has 5 nitrogen and oxygen atoms in total. The van der Waals surface area contributed by atoms with Gasteiger partial charge in [0.05, 0.1) is 0 Å². The van der Waals surface area contributed by atoms with Gasteiger partial charge in [0.15, 0.2) is 5.82 Å². The average molecular weight is 265 g/mol. The number of carbonyl (C=O) groups is 1. The predicted octanol–water partition coefficient (Wildman–Crippen LogP) is 2.29. The zero-order valence-corrected chi connectivity index (χ0v) is 12.0. The van der Waals surface area contributed by atoms with Crippen LogP contribution >= 0.6 is 0 Å². The number of piperidine rings is 1. The van der Waals surface area contributed by atoms with E-state index in [-0.39, 0.29) is 5.91 Å². The molecule has 0 saturated carbocycles. The van der Waals surface area contributed by atoms with E-state index < -0.39 is 0 Å². The average Bonchev–Trinajstić information content (AvgIpc) is 2.71. The molecule has 2 heterocycles. The number of likely N-dealkylation sites (tertiary alicyclic amines) is 1. The van der Waals surface area contributed by atoms with Crippen LogP contribution in [0.3, 0.4) is 0 Å². The third-order valence-corrected chi connectivity index (χ3v) is 3.50. The lowest BCUT2D eigenvalue weighted by Gasteiger charge is -2.34. The zero-order chi connectivity index (χ0) is 13.8. The first-order chi connectivity index (χ1) is 9.02. The summed E-state index contributed by atoms with van der Waals surface area (Å²) < 4.78 is 4.91. The van der Waals surface area contributed by atoms with Crippen LogP contribution in [0, 0.1) is 18.8 Å². The molecule has 106 valence electrons. The Balaban J connectivity index is 1.74. The molecule has 0 aliphatic carbocycles. The summed E-state index contributed by atoms with van der Waals surface area (Å²) in [6.45, 7) is 9.37. The van der Waals surface area contributed by atoms with Crippen molar-refractivity contribution in [2.24, 2.45) is 11.8 Å². The number of hydrogen-bond acceptors (Lipinski definition) is 4. The normalized spacial score (nSPS) is 24.4. The second kappa shape index (κ2) is 6.19. The highest BCUT2D eigenvalue weighted by Crippen LogP contribution is 2.20. The predicted molar refractivity (Wildman–Crippen MR) is 73.9 cm³/mol. The first kappa shape index (κ1) is 14.1. The number of aryl methyl sites for hydroxylation is 1. The van der Waals surface area contributed by atoms with Crippen molar-refractivity contribution in [1.29, 1.82) is 0 Å². The van der Waals surface area contributed by atoms with Gasteiger partial charge in [-0.3, -0.25) is 4.79 Å². The second-order valence-electron chi connectivity index (χ2n) is 5.83. The van der Waals surface area contributed by atoms with E-state index in [0.29, 0.717) is 18.0 Å². The lowest BCUT2D eigenvalue weighted by molar-refractivity contribution is -0.116. The highest BCUT2D eigenvalue weighted by molar-refractivity contribution is 5.89. The van der Waals surface area contributed by atoms with E-state index in [1.165, 1.54) is 6.42 Å². The third kappa shape index (κ3) is 4.35. The van der Waals surface area contributed by atoms with Gasteiger partial charge in [0.2, 0.25) is 5.91 Å². The van der Waals surface area contributed by atoms with Crippen LogP contribution in [-0.2, 0) is 4.79 Å². The minimum absolute atomic E-state index is 0.000760. The van der Waals surface area contributed by atoms with Gasteiger partial charge in [0, 0.05) is 32.1 Å². The maximum atomic E-state index is 11.8. The second-order valence-corrected chi connectivity index (χ2v) is 5.83. The number of nitrogens with zero attached hydrogens (tertiary/aromatic N) is 2. The molecule has 1 aromatic heterocycles. The Labute approximate surface area is 114 Å². The van der Waals surface area contributed by atoms with Gasteiger partial charge >= 0.3 is 0 Å². The molecule has 1 aromatic rings. The van der Waals surface area contributed by atoms with Crippen LogP contribution in [0.2, 0.25) is 0 Å². The molecule has 1 N–H and O–H groups in total. The smallest absolute Gasteiger partial charge is 0.226 e. The molecule has 1 aliphatic rings. The monoisotopic (exact) mass is 265 g/mol. The van der Waals surface area contributed by atoms with Gasteiger partial charge in [-0.05, 0) is 25.2 Å². The minimum atomic E-state index is -0.000760. The fourth-order valence-electron chi connectivity index (χ4n) is 2.86. The van der Waals surface area contributed by atoms with Gasteiger partial charge < -0.3 is 14.7 Å². The van der Waals surface area contributed by atoms with Crippen LogP contribution < -0.4 is 5.32 Å². The number of carbonyl (C=O) groups excluding carboxylic acids is 1. The summed E-state index contributed by atoms with van der Waals surface area (Å²) in [6.07, 6.45) is 1.80. The van der Waals surface area contributed by atoms with E-state index in [0.717, 1.165) is 31.5 Å². The van der Waals surface area contributed by atoms with Crippen molar-refractivity contribution >= 4 is 11.7 Å². The van der Waals surface area contributed by atoms with Crippen molar-refractivity contribution in [3.63, 3.8) is 0 Å². The van der Waals surface area contributed by atoms with Crippen LogP contribution in [0.5, 0.6) is 0 Å².